The van der Waals surface area contributed by atoms with Crippen molar-refractivity contribution in [3.8, 4) is 0 Å². The second kappa shape index (κ2) is 9.88. The van der Waals surface area contributed by atoms with Crippen LogP contribution in [0.15, 0.2) is 0 Å². The summed E-state index contributed by atoms with van der Waals surface area (Å²) in [5.74, 6) is -0.559. The molecule has 0 heterocycles. The minimum absolute atomic E-state index is 0.0222. The summed E-state index contributed by atoms with van der Waals surface area (Å²) in [4.78, 5) is 22.0. The Kier molecular flexibility index (Phi) is 9.28. The smallest absolute Gasteiger partial charge is 0.303 e. The number of hydrogen-bond acceptors (Lipinski definition) is 3. The van der Waals surface area contributed by atoms with Gasteiger partial charge in [0.05, 0.1) is 0 Å². The van der Waals surface area contributed by atoms with Crippen molar-refractivity contribution in [2.75, 3.05) is 13.1 Å². The minimum Gasteiger partial charge on any atom is -0.481 e. The van der Waals surface area contributed by atoms with E-state index >= 15 is 0 Å². The molecule has 1 amide bonds. The Morgan fingerprint density at radius 2 is 1.94 bits per heavy atom. The summed E-state index contributed by atoms with van der Waals surface area (Å²) in [5.41, 5.74) is 5.41. The van der Waals surface area contributed by atoms with Gasteiger partial charge in [-0.1, -0.05) is 26.7 Å². The van der Waals surface area contributed by atoms with Gasteiger partial charge in [-0.05, 0) is 18.8 Å². The monoisotopic (exact) mass is 258 g/mol. The molecule has 5 nitrogen and oxygen atoms in total. The fourth-order valence-electron chi connectivity index (χ4n) is 1.85. The van der Waals surface area contributed by atoms with E-state index in [1.165, 1.54) is 0 Å². The van der Waals surface area contributed by atoms with Crippen LogP contribution in [-0.2, 0) is 9.59 Å². The van der Waals surface area contributed by atoms with E-state index in [4.69, 9.17) is 10.8 Å². The predicted octanol–water partition coefficient (Wildman–Crippen LogP) is 1.37. The van der Waals surface area contributed by atoms with E-state index in [2.05, 4.69) is 12.2 Å². The first-order chi connectivity index (χ1) is 8.51. The maximum Gasteiger partial charge on any atom is 0.303 e. The average molecular weight is 258 g/mol. The van der Waals surface area contributed by atoms with Gasteiger partial charge in [0.2, 0.25) is 5.91 Å². The van der Waals surface area contributed by atoms with E-state index < -0.39 is 5.97 Å². The van der Waals surface area contributed by atoms with Crippen LogP contribution in [0.4, 0.5) is 0 Å². The lowest BCUT2D eigenvalue weighted by Gasteiger charge is -2.16. The fourth-order valence-corrected chi connectivity index (χ4v) is 1.85. The minimum atomic E-state index is -0.753. The van der Waals surface area contributed by atoms with Gasteiger partial charge < -0.3 is 16.2 Å². The molecule has 18 heavy (non-hydrogen) atoms. The molecule has 4 N–H and O–H groups in total. The second-order valence-electron chi connectivity index (χ2n) is 4.80. The molecule has 0 aliphatic carbocycles. The molecule has 106 valence electrons. The SMILES string of the molecule is CCCC(CCNC(=O)C(C)CN)CCC(=O)O. The Balaban J connectivity index is 3.88. The number of nitrogens with two attached hydrogens (primary N) is 1. The molecule has 2 atom stereocenters. The number of amides is 1. The molecule has 0 aromatic heterocycles. The van der Waals surface area contributed by atoms with E-state index in [0.717, 1.165) is 19.3 Å². The van der Waals surface area contributed by atoms with E-state index in [1.54, 1.807) is 6.92 Å². The lowest BCUT2D eigenvalue weighted by Crippen LogP contribution is -2.34. The van der Waals surface area contributed by atoms with Gasteiger partial charge in [0, 0.05) is 25.4 Å². The Morgan fingerprint density at radius 1 is 1.28 bits per heavy atom. The highest BCUT2D eigenvalue weighted by molar-refractivity contribution is 5.78. The maximum atomic E-state index is 11.5. The standard InChI is InChI=1S/C13H26N2O3/c1-3-4-11(5-6-12(16)17)7-8-15-13(18)10(2)9-14/h10-11H,3-9,14H2,1-2H3,(H,15,18)(H,16,17). The molecule has 0 saturated heterocycles. The van der Waals surface area contributed by atoms with Crippen molar-refractivity contribution in [3.05, 3.63) is 0 Å². The maximum absolute atomic E-state index is 11.5. The number of nitrogens with one attached hydrogen (secondary N) is 1. The zero-order valence-electron chi connectivity index (χ0n) is 11.4. The molecular weight excluding hydrogens is 232 g/mol. The molecule has 0 aromatic carbocycles. The van der Waals surface area contributed by atoms with Crippen LogP contribution in [0.5, 0.6) is 0 Å². The van der Waals surface area contributed by atoms with Crippen molar-refractivity contribution >= 4 is 11.9 Å². The number of carbonyl (C=O) groups is 2. The lowest BCUT2D eigenvalue weighted by molar-refractivity contribution is -0.137. The summed E-state index contributed by atoms with van der Waals surface area (Å²) in [6, 6.07) is 0. The van der Waals surface area contributed by atoms with Crippen molar-refractivity contribution in [3.63, 3.8) is 0 Å². The number of carboxylic acid groups (broad SMARTS) is 1. The summed E-state index contributed by atoms with van der Waals surface area (Å²) in [5, 5.41) is 11.5. The zero-order chi connectivity index (χ0) is 14.0. The largest absolute Gasteiger partial charge is 0.481 e. The van der Waals surface area contributed by atoms with Gasteiger partial charge in [0.15, 0.2) is 0 Å². The van der Waals surface area contributed by atoms with Gasteiger partial charge in [0.25, 0.3) is 0 Å². The second-order valence-corrected chi connectivity index (χ2v) is 4.80. The molecule has 0 spiro atoms. The first kappa shape index (κ1) is 16.9. The van der Waals surface area contributed by atoms with Crippen LogP contribution in [0.1, 0.15) is 46.0 Å². The van der Waals surface area contributed by atoms with Crippen LogP contribution in [0, 0.1) is 11.8 Å². The van der Waals surface area contributed by atoms with Crippen molar-refractivity contribution in [1.82, 2.24) is 5.32 Å². The molecule has 0 fully saturated rings. The van der Waals surface area contributed by atoms with Gasteiger partial charge in [-0.15, -0.1) is 0 Å². The first-order valence-corrected chi connectivity index (χ1v) is 6.70. The molecule has 0 saturated carbocycles. The van der Waals surface area contributed by atoms with Crippen LogP contribution in [-0.4, -0.2) is 30.1 Å². The highest BCUT2D eigenvalue weighted by atomic mass is 16.4. The van der Waals surface area contributed by atoms with Crippen LogP contribution in [0.3, 0.4) is 0 Å². The molecule has 0 aromatic rings. The van der Waals surface area contributed by atoms with Gasteiger partial charge in [-0.25, -0.2) is 0 Å². The molecule has 0 aliphatic heterocycles. The molecule has 0 rings (SSSR count). The summed E-state index contributed by atoms with van der Waals surface area (Å²) >= 11 is 0. The number of hydrogen-bond donors (Lipinski definition) is 3. The van der Waals surface area contributed by atoms with Crippen molar-refractivity contribution in [1.29, 1.82) is 0 Å². The third-order valence-corrected chi connectivity index (χ3v) is 3.12. The van der Waals surface area contributed by atoms with Gasteiger partial charge in [-0.3, -0.25) is 9.59 Å². The third-order valence-electron chi connectivity index (χ3n) is 3.12. The molecule has 5 heteroatoms. The van der Waals surface area contributed by atoms with Crippen LogP contribution < -0.4 is 11.1 Å². The van der Waals surface area contributed by atoms with E-state index in [9.17, 15) is 9.59 Å². The Bertz CT molecular complexity index is 257. The zero-order valence-corrected chi connectivity index (χ0v) is 11.4. The lowest BCUT2D eigenvalue weighted by atomic mass is 9.94. The Morgan fingerprint density at radius 3 is 2.44 bits per heavy atom. The van der Waals surface area contributed by atoms with E-state index in [0.29, 0.717) is 25.4 Å². The number of rotatable bonds is 10. The summed E-state index contributed by atoms with van der Waals surface area (Å²) < 4.78 is 0. The predicted molar refractivity (Wildman–Crippen MR) is 71.1 cm³/mol. The summed E-state index contributed by atoms with van der Waals surface area (Å²) in [6.07, 6.45) is 3.78. The Hall–Kier alpha value is -1.10. The molecular formula is C13H26N2O3. The first-order valence-electron chi connectivity index (χ1n) is 6.70. The highest BCUT2D eigenvalue weighted by Gasteiger charge is 2.13. The van der Waals surface area contributed by atoms with Crippen LogP contribution >= 0.6 is 0 Å². The van der Waals surface area contributed by atoms with E-state index in [1.807, 2.05) is 0 Å². The molecule has 0 aliphatic rings. The molecule has 2 unspecified atom stereocenters. The highest BCUT2D eigenvalue weighted by Crippen LogP contribution is 2.17. The van der Waals surface area contributed by atoms with Crippen molar-refractivity contribution < 1.29 is 14.7 Å². The Labute approximate surface area is 109 Å². The number of aliphatic carboxylic acids is 1. The van der Waals surface area contributed by atoms with Crippen molar-refractivity contribution in [2.24, 2.45) is 17.6 Å². The average Bonchev–Trinajstić information content (AvgIpc) is 2.34. The van der Waals surface area contributed by atoms with Gasteiger partial charge >= 0.3 is 5.97 Å². The summed E-state index contributed by atoms with van der Waals surface area (Å²) in [7, 11) is 0. The van der Waals surface area contributed by atoms with Crippen molar-refractivity contribution in [2.45, 2.75) is 46.0 Å². The van der Waals surface area contributed by atoms with Crippen LogP contribution in [0.25, 0.3) is 0 Å². The van der Waals surface area contributed by atoms with Crippen LogP contribution in [0.2, 0.25) is 0 Å². The number of carboxylic acids is 1. The molecule has 0 radical (unpaired) electrons. The number of carbonyl (C=O) groups excluding carboxylic acids is 1. The van der Waals surface area contributed by atoms with Gasteiger partial charge in [0.1, 0.15) is 0 Å². The normalized spacial score (nSPS) is 13.9. The van der Waals surface area contributed by atoms with Gasteiger partial charge in [-0.2, -0.15) is 0 Å². The summed E-state index contributed by atoms with van der Waals surface area (Å²) in [6.45, 7) is 4.84. The third kappa shape index (κ3) is 8.06. The quantitative estimate of drug-likeness (QED) is 0.552. The van der Waals surface area contributed by atoms with E-state index in [-0.39, 0.29) is 18.2 Å². The topological polar surface area (TPSA) is 92.4 Å². The fraction of sp³-hybridized carbons (Fsp3) is 0.846. The molecule has 0 bridgehead atoms.